The highest BCUT2D eigenvalue weighted by atomic mass is 79.9. The Morgan fingerprint density at radius 3 is 2.84 bits per heavy atom. The molecular weight excluding hydrogens is 314 g/mol. The topological polar surface area (TPSA) is 75.6 Å². The van der Waals surface area contributed by atoms with E-state index in [4.69, 9.17) is 9.84 Å². The van der Waals surface area contributed by atoms with Crippen LogP contribution >= 0.6 is 15.9 Å². The highest BCUT2D eigenvalue weighted by Gasteiger charge is 2.12. The van der Waals surface area contributed by atoms with Crippen LogP contribution < -0.4 is 10.1 Å². The van der Waals surface area contributed by atoms with Crippen molar-refractivity contribution in [1.29, 1.82) is 0 Å². The lowest BCUT2D eigenvalue weighted by Crippen LogP contribution is -2.30. The van der Waals surface area contributed by atoms with E-state index >= 15 is 0 Å². The van der Waals surface area contributed by atoms with E-state index in [0.29, 0.717) is 19.3 Å². The summed E-state index contributed by atoms with van der Waals surface area (Å²) in [6.07, 6.45) is 1.61. The van der Waals surface area contributed by atoms with Crippen molar-refractivity contribution in [3.05, 3.63) is 28.2 Å². The number of amides is 1. The van der Waals surface area contributed by atoms with Gasteiger partial charge in [0.05, 0.1) is 11.6 Å². The summed E-state index contributed by atoms with van der Waals surface area (Å²) >= 11 is 3.39. The third-order valence-electron chi connectivity index (χ3n) is 2.71. The van der Waals surface area contributed by atoms with Crippen LogP contribution in [0.2, 0.25) is 0 Å². The van der Waals surface area contributed by atoms with Crippen LogP contribution in [0, 0.1) is 0 Å². The Morgan fingerprint density at radius 2 is 2.32 bits per heavy atom. The van der Waals surface area contributed by atoms with E-state index in [1.807, 2.05) is 18.2 Å². The van der Waals surface area contributed by atoms with Crippen LogP contribution in [-0.2, 0) is 16.0 Å². The molecule has 0 aromatic heterocycles. The molecule has 0 aliphatic rings. The number of ether oxygens (including phenoxy) is 1. The molecule has 0 saturated heterocycles. The molecule has 1 unspecified atom stereocenters. The summed E-state index contributed by atoms with van der Waals surface area (Å²) in [4.78, 5) is 21.1. The van der Waals surface area contributed by atoms with E-state index in [1.54, 1.807) is 7.11 Å². The number of carboxylic acids is 1. The molecule has 0 aliphatic heterocycles. The van der Waals surface area contributed by atoms with Crippen molar-refractivity contribution in [1.82, 2.24) is 5.32 Å². The normalized spacial score (nSPS) is 11.7. The maximum absolute atomic E-state index is 10.6. The molecule has 19 heavy (non-hydrogen) atoms. The number of benzene rings is 1. The van der Waals surface area contributed by atoms with E-state index in [0.717, 1.165) is 15.8 Å². The average Bonchev–Trinajstić information content (AvgIpc) is 2.36. The lowest BCUT2D eigenvalue weighted by Gasteiger charge is -2.15. The number of carboxylic acid groups (broad SMARTS) is 1. The number of nitrogens with one attached hydrogen (secondary N) is 1. The van der Waals surface area contributed by atoms with E-state index in [2.05, 4.69) is 21.2 Å². The SMILES string of the molecule is COc1ccc(CC(CCC(=O)O)NC=O)cc1Br. The summed E-state index contributed by atoms with van der Waals surface area (Å²) < 4.78 is 5.96. The standard InChI is InChI=1S/C13H16BrNO4/c1-19-12-4-2-9(7-11(12)14)6-10(15-8-16)3-5-13(17)18/h2,4,7-8,10H,3,5-6H2,1H3,(H,15,16)(H,17,18). The first-order valence-electron chi connectivity index (χ1n) is 5.80. The minimum atomic E-state index is -0.867. The summed E-state index contributed by atoms with van der Waals surface area (Å²) in [6, 6.07) is 5.44. The van der Waals surface area contributed by atoms with Crippen LogP contribution in [0.15, 0.2) is 22.7 Å². The van der Waals surface area contributed by atoms with Crippen molar-refractivity contribution in [2.45, 2.75) is 25.3 Å². The fraction of sp³-hybridized carbons (Fsp3) is 0.385. The third kappa shape index (κ3) is 5.30. The van der Waals surface area contributed by atoms with Crippen LogP contribution in [0.25, 0.3) is 0 Å². The maximum Gasteiger partial charge on any atom is 0.303 e. The summed E-state index contributed by atoms with van der Waals surface area (Å²) in [6.45, 7) is 0. The molecule has 6 heteroatoms. The summed E-state index contributed by atoms with van der Waals surface area (Å²) in [7, 11) is 1.59. The van der Waals surface area contributed by atoms with Gasteiger partial charge in [0, 0.05) is 12.5 Å². The number of hydrogen-bond donors (Lipinski definition) is 2. The Bertz CT molecular complexity index is 450. The lowest BCUT2D eigenvalue weighted by atomic mass is 10.0. The predicted octanol–water partition coefficient (Wildman–Crippen LogP) is 1.98. The van der Waals surface area contributed by atoms with Crippen LogP contribution in [-0.4, -0.2) is 30.6 Å². The van der Waals surface area contributed by atoms with Gasteiger partial charge in [-0.25, -0.2) is 0 Å². The number of carbonyl (C=O) groups is 2. The monoisotopic (exact) mass is 329 g/mol. The average molecular weight is 330 g/mol. The van der Waals surface area contributed by atoms with Crippen molar-refractivity contribution in [2.75, 3.05) is 7.11 Å². The summed E-state index contributed by atoms with van der Waals surface area (Å²) in [5, 5.41) is 11.3. The minimum absolute atomic E-state index is 0.0306. The molecule has 0 heterocycles. The zero-order valence-electron chi connectivity index (χ0n) is 10.6. The van der Waals surface area contributed by atoms with Crippen LogP contribution in [0.4, 0.5) is 0 Å². The fourth-order valence-corrected chi connectivity index (χ4v) is 2.35. The quantitative estimate of drug-likeness (QED) is 0.715. The molecule has 1 aromatic rings. The largest absolute Gasteiger partial charge is 0.496 e. The zero-order valence-corrected chi connectivity index (χ0v) is 12.1. The number of halogens is 1. The smallest absolute Gasteiger partial charge is 0.303 e. The molecule has 0 fully saturated rings. The van der Waals surface area contributed by atoms with Gasteiger partial charge in [-0.2, -0.15) is 0 Å². The molecule has 1 amide bonds. The Balaban J connectivity index is 2.69. The highest BCUT2D eigenvalue weighted by Crippen LogP contribution is 2.26. The van der Waals surface area contributed by atoms with Crippen molar-refractivity contribution in [3.8, 4) is 5.75 Å². The van der Waals surface area contributed by atoms with Crippen LogP contribution in [0.3, 0.4) is 0 Å². The minimum Gasteiger partial charge on any atom is -0.496 e. The third-order valence-corrected chi connectivity index (χ3v) is 3.33. The Kier molecular flexibility index (Phi) is 6.35. The van der Waals surface area contributed by atoms with Crippen molar-refractivity contribution in [2.24, 2.45) is 0 Å². The molecular formula is C13H16BrNO4. The first-order chi connectivity index (χ1) is 9.06. The van der Waals surface area contributed by atoms with Gasteiger partial charge in [-0.15, -0.1) is 0 Å². The Hall–Kier alpha value is -1.56. The number of aliphatic carboxylic acids is 1. The first kappa shape index (κ1) is 15.5. The van der Waals surface area contributed by atoms with Crippen molar-refractivity contribution < 1.29 is 19.4 Å². The maximum atomic E-state index is 10.6. The van der Waals surface area contributed by atoms with Gasteiger partial charge in [0.15, 0.2) is 0 Å². The molecule has 0 aliphatic carbocycles. The molecule has 1 rings (SSSR count). The summed E-state index contributed by atoms with van der Waals surface area (Å²) in [5.74, 6) is -0.136. The Labute approximate surface area is 120 Å². The zero-order chi connectivity index (χ0) is 14.3. The molecule has 104 valence electrons. The fourth-order valence-electron chi connectivity index (χ4n) is 1.76. The molecule has 0 bridgehead atoms. The molecule has 0 saturated carbocycles. The van der Waals surface area contributed by atoms with Crippen molar-refractivity contribution >= 4 is 28.3 Å². The van der Waals surface area contributed by atoms with E-state index in [-0.39, 0.29) is 12.5 Å². The second kappa shape index (κ2) is 7.78. The number of carbonyl (C=O) groups excluding carboxylic acids is 1. The van der Waals surface area contributed by atoms with Crippen LogP contribution in [0.1, 0.15) is 18.4 Å². The van der Waals surface area contributed by atoms with Gasteiger partial charge in [0.2, 0.25) is 6.41 Å². The second-order valence-corrected chi connectivity index (χ2v) is 4.94. The van der Waals surface area contributed by atoms with Gasteiger partial charge < -0.3 is 15.2 Å². The molecule has 5 nitrogen and oxygen atoms in total. The van der Waals surface area contributed by atoms with Gasteiger partial charge in [-0.3, -0.25) is 9.59 Å². The Morgan fingerprint density at radius 1 is 1.58 bits per heavy atom. The van der Waals surface area contributed by atoms with Crippen molar-refractivity contribution in [3.63, 3.8) is 0 Å². The summed E-state index contributed by atoms with van der Waals surface area (Å²) in [5.41, 5.74) is 0.998. The lowest BCUT2D eigenvalue weighted by molar-refractivity contribution is -0.137. The highest BCUT2D eigenvalue weighted by molar-refractivity contribution is 9.10. The molecule has 2 N–H and O–H groups in total. The van der Waals surface area contributed by atoms with Gasteiger partial charge >= 0.3 is 5.97 Å². The number of methoxy groups -OCH3 is 1. The molecule has 0 radical (unpaired) electrons. The molecule has 0 spiro atoms. The number of hydrogen-bond acceptors (Lipinski definition) is 3. The van der Waals surface area contributed by atoms with Gasteiger partial charge in [0.25, 0.3) is 0 Å². The van der Waals surface area contributed by atoms with Crippen LogP contribution in [0.5, 0.6) is 5.75 Å². The van der Waals surface area contributed by atoms with Gasteiger partial charge in [-0.05, 0) is 46.5 Å². The number of rotatable bonds is 8. The molecule has 1 aromatic carbocycles. The predicted molar refractivity (Wildman–Crippen MR) is 74.3 cm³/mol. The first-order valence-corrected chi connectivity index (χ1v) is 6.60. The van der Waals surface area contributed by atoms with E-state index < -0.39 is 5.97 Å². The van der Waals surface area contributed by atoms with E-state index in [1.165, 1.54) is 0 Å². The second-order valence-electron chi connectivity index (χ2n) is 4.09. The molecule has 1 atom stereocenters. The van der Waals surface area contributed by atoms with Gasteiger partial charge in [0.1, 0.15) is 5.75 Å². The van der Waals surface area contributed by atoms with Gasteiger partial charge in [-0.1, -0.05) is 6.07 Å². The van der Waals surface area contributed by atoms with E-state index in [9.17, 15) is 9.59 Å².